The topological polar surface area (TPSA) is 83.3 Å². The lowest BCUT2D eigenvalue weighted by Gasteiger charge is -2.33. The van der Waals surface area contributed by atoms with E-state index in [4.69, 9.17) is 0 Å². The molecule has 1 unspecified atom stereocenters. The van der Waals surface area contributed by atoms with E-state index in [-0.39, 0.29) is 12.1 Å². The SMILES string of the molecule is CC(O)C1CCN(C(=O)NCc2ccc(-n3ccnc3)nc2)CC1. The predicted octanol–water partition coefficient (Wildman–Crippen LogP) is 1.57. The van der Waals surface area contributed by atoms with Crippen LogP contribution in [0.4, 0.5) is 4.79 Å². The Hall–Kier alpha value is -2.41. The molecule has 2 aromatic rings. The van der Waals surface area contributed by atoms with E-state index in [9.17, 15) is 9.90 Å². The van der Waals surface area contributed by atoms with Gasteiger partial charge in [0.05, 0.1) is 6.10 Å². The van der Waals surface area contributed by atoms with Gasteiger partial charge in [0.1, 0.15) is 12.1 Å². The fourth-order valence-electron chi connectivity index (χ4n) is 2.94. The molecule has 1 atom stereocenters. The van der Waals surface area contributed by atoms with Gasteiger partial charge in [0.2, 0.25) is 0 Å². The highest BCUT2D eigenvalue weighted by atomic mass is 16.3. The third-order valence-electron chi connectivity index (χ3n) is 4.53. The first-order valence-corrected chi connectivity index (χ1v) is 8.27. The number of carbonyl (C=O) groups excluding carboxylic acids is 1. The lowest BCUT2D eigenvalue weighted by Crippen LogP contribution is -2.45. The molecule has 0 radical (unpaired) electrons. The molecule has 2 N–H and O–H groups in total. The third-order valence-corrected chi connectivity index (χ3v) is 4.53. The number of hydrogen-bond donors (Lipinski definition) is 2. The van der Waals surface area contributed by atoms with E-state index in [1.54, 1.807) is 18.7 Å². The highest BCUT2D eigenvalue weighted by molar-refractivity contribution is 5.74. The highest BCUT2D eigenvalue weighted by Crippen LogP contribution is 2.20. The van der Waals surface area contributed by atoms with E-state index in [2.05, 4.69) is 15.3 Å². The lowest BCUT2D eigenvalue weighted by molar-refractivity contribution is 0.0798. The molecule has 1 fully saturated rings. The molecule has 1 aliphatic rings. The molecule has 128 valence electrons. The molecule has 7 heteroatoms. The van der Waals surface area contributed by atoms with Gasteiger partial charge in [0, 0.05) is 38.2 Å². The van der Waals surface area contributed by atoms with Gasteiger partial charge in [-0.15, -0.1) is 0 Å². The molecular weight excluding hydrogens is 306 g/mol. The maximum Gasteiger partial charge on any atom is 0.317 e. The van der Waals surface area contributed by atoms with Crippen molar-refractivity contribution in [3.05, 3.63) is 42.6 Å². The van der Waals surface area contributed by atoms with E-state index in [0.717, 1.165) is 24.2 Å². The zero-order valence-electron chi connectivity index (χ0n) is 13.8. The number of likely N-dealkylation sites (tertiary alicyclic amines) is 1. The Labute approximate surface area is 141 Å². The zero-order chi connectivity index (χ0) is 16.9. The van der Waals surface area contributed by atoms with Crippen molar-refractivity contribution in [1.29, 1.82) is 0 Å². The third kappa shape index (κ3) is 3.91. The van der Waals surface area contributed by atoms with Gasteiger partial charge < -0.3 is 15.3 Å². The summed E-state index contributed by atoms with van der Waals surface area (Å²) in [6.45, 7) is 3.66. The van der Waals surface area contributed by atoms with Crippen molar-refractivity contribution in [1.82, 2.24) is 24.8 Å². The van der Waals surface area contributed by atoms with Crippen LogP contribution in [0.1, 0.15) is 25.3 Å². The van der Waals surface area contributed by atoms with Crippen molar-refractivity contribution in [3.8, 4) is 5.82 Å². The number of aromatic nitrogens is 3. The minimum atomic E-state index is -0.296. The molecular formula is C17H23N5O2. The summed E-state index contributed by atoms with van der Waals surface area (Å²) < 4.78 is 1.83. The van der Waals surface area contributed by atoms with Crippen LogP contribution in [0.15, 0.2) is 37.1 Å². The number of imidazole rings is 1. The summed E-state index contributed by atoms with van der Waals surface area (Å²) in [6, 6.07) is 3.79. The fraction of sp³-hybridized carbons (Fsp3) is 0.471. The summed E-state index contributed by atoms with van der Waals surface area (Å²) in [6.07, 6.45) is 8.40. The molecule has 1 aliphatic heterocycles. The Morgan fingerprint density at radius 2 is 2.21 bits per heavy atom. The quantitative estimate of drug-likeness (QED) is 0.892. The van der Waals surface area contributed by atoms with Gasteiger partial charge in [-0.2, -0.15) is 0 Å². The first-order chi connectivity index (χ1) is 11.6. The Bertz CT molecular complexity index is 646. The zero-order valence-corrected chi connectivity index (χ0v) is 13.8. The number of pyridine rings is 1. The van der Waals surface area contributed by atoms with Crippen LogP contribution in [-0.4, -0.2) is 49.8 Å². The van der Waals surface area contributed by atoms with Crippen molar-refractivity contribution in [3.63, 3.8) is 0 Å². The molecule has 0 aliphatic carbocycles. The average molecular weight is 329 g/mol. The number of piperidine rings is 1. The number of nitrogens with zero attached hydrogens (tertiary/aromatic N) is 4. The number of urea groups is 1. The van der Waals surface area contributed by atoms with Crippen LogP contribution in [0, 0.1) is 5.92 Å². The second-order valence-corrected chi connectivity index (χ2v) is 6.22. The van der Waals surface area contributed by atoms with Crippen LogP contribution >= 0.6 is 0 Å². The van der Waals surface area contributed by atoms with E-state index in [0.29, 0.717) is 25.6 Å². The normalized spacial score (nSPS) is 16.8. The molecule has 0 saturated carbocycles. The van der Waals surface area contributed by atoms with Gasteiger partial charge in [0.25, 0.3) is 0 Å². The number of hydrogen-bond acceptors (Lipinski definition) is 4. The van der Waals surface area contributed by atoms with Gasteiger partial charge in [-0.1, -0.05) is 6.07 Å². The molecule has 0 bridgehead atoms. The molecule has 1 saturated heterocycles. The van der Waals surface area contributed by atoms with E-state index in [1.807, 2.05) is 34.7 Å². The Morgan fingerprint density at radius 3 is 2.79 bits per heavy atom. The lowest BCUT2D eigenvalue weighted by atomic mass is 9.92. The summed E-state index contributed by atoms with van der Waals surface area (Å²) in [5.74, 6) is 1.09. The monoisotopic (exact) mass is 329 g/mol. The fourth-order valence-corrected chi connectivity index (χ4v) is 2.94. The highest BCUT2D eigenvalue weighted by Gasteiger charge is 2.25. The van der Waals surface area contributed by atoms with Crippen LogP contribution in [0.3, 0.4) is 0 Å². The van der Waals surface area contributed by atoms with Crippen molar-refractivity contribution >= 4 is 6.03 Å². The van der Waals surface area contributed by atoms with Gasteiger partial charge in [-0.3, -0.25) is 4.57 Å². The summed E-state index contributed by atoms with van der Waals surface area (Å²) in [5.41, 5.74) is 0.950. The van der Waals surface area contributed by atoms with Crippen LogP contribution < -0.4 is 5.32 Å². The molecule has 0 spiro atoms. The minimum absolute atomic E-state index is 0.0577. The number of rotatable bonds is 4. The van der Waals surface area contributed by atoms with Gasteiger partial charge >= 0.3 is 6.03 Å². The van der Waals surface area contributed by atoms with E-state index < -0.39 is 0 Å². The van der Waals surface area contributed by atoms with Crippen LogP contribution in [0.2, 0.25) is 0 Å². The number of aliphatic hydroxyl groups is 1. The molecule has 24 heavy (non-hydrogen) atoms. The number of aliphatic hydroxyl groups excluding tert-OH is 1. The summed E-state index contributed by atoms with van der Waals surface area (Å²) in [7, 11) is 0. The summed E-state index contributed by atoms with van der Waals surface area (Å²) in [5, 5.41) is 12.5. The maximum absolute atomic E-state index is 12.2. The van der Waals surface area contributed by atoms with Crippen molar-refractivity contribution in [2.75, 3.05) is 13.1 Å². The first kappa shape index (κ1) is 16.4. The molecule has 2 amide bonds. The first-order valence-electron chi connectivity index (χ1n) is 8.27. The number of carbonyl (C=O) groups is 1. The van der Waals surface area contributed by atoms with E-state index >= 15 is 0 Å². The minimum Gasteiger partial charge on any atom is -0.393 e. The van der Waals surface area contributed by atoms with E-state index in [1.165, 1.54) is 0 Å². The molecule has 2 aromatic heterocycles. The van der Waals surface area contributed by atoms with Crippen molar-refractivity contribution in [2.24, 2.45) is 5.92 Å². The van der Waals surface area contributed by atoms with Crippen molar-refractivity contribution in [2.45, 2.75) is 32.4 Å². The van der Waals surface area contributed by atoms with Crippen LogP contribution in [0.5, 0.6) is 0 Å². The largest absolute Gasteiger partial charge is 0.393 e. The van der Waals surface area contributed by atoms with Gasteiger partial charge in [-0.05, 0) is 37.3 Å². The second kappa shape index (κ2) is 7.44. The van der Waals surface area contributed by atoms with Gasteiger partial charge in [0.15, 0.2) is 0 Å². The molecule has 3 heterocycles. The summed E-state index contributed by atoms with van der Waals surface area (Å²) >= 11 is 0. The average Bonchev–Trinajstić information content (AvgIpc) is 3.15. The number of amides is 2. The molecule has 3 rings (SSSR count). The summed E-state index contributed by atoms with van der Waals surface area (Å²) in [4.78, 5) is 22.4. The maximum atomic E-state index is 12.2. The Balaban J connectivity index is 1.48. The second-order valence-electron chi connectivity index (χ2n) is 6.22. The smallest absolute Gasteiger partial charge is 0.317 e. The molecule has 0 aromatic carbocycles. The predicted molar refractivity (Wildman–Crippen MR) is 89.6 cm³/mol. The molecule has 7 nitrogen and oxygen atoms in total. The standard InChI is InChI=1S/C17H23N5O2/c1-13(23)15-4-7-21(8-5-15)17(24)20-11-14-2-3-16(19-10-14)22-9-6-18-12-22/h2-3,6,9-10,12-13,15,23H,4-5,7-8,11H2,1H3,(H,20,24). The number of nitrogens with one attached hydrogen (secondary N) is 1. The Kier molecular flexibility index (Phi) is 5.10. The van der Waals surface area contributed by atoms with Crippen LogP contribution in [0.25, 0.3) is 5.82 Å². The van der Waals surface area contributed by atoms with Gasteiger partial charge in [-0.25, -0.2) is 14.8 Å². The Morgan fingerprint density at radius 1 is 1.42 bits per heavy atom. The van der Waals surface area contributed by atoms with Crippen LogP contribution in [-0.2, 0) is 6.54 Å². The van der Waals surface area contributed by atoms with Crippen molar-refractivity contribution < 1.29 is 9.90 Å².